The number of ether oxygens (including phenoxy) is 1. The van der Waals surface area contributed by atoms with Crippen molar-refractivity contribution in [1.29, 1.82) is 0 Å². The molecular formula is C13H17FO2. The Balaban J connectivity index is 2.36. The lowest BCUT2D eigenvalue weighted by Gasteiger charge is -2.14. The first-order valence-corrected chi connectivity index (χ1v) is 5.36. The van der Waals surface area contributed by atoms with Crippen molar-refractivity contribution in [3.63, 3.8) is 0 Å². The molecule has 1 aromatic rings. The fourth-order valence-corrected chi connectivity index (χ4v) is 1.33. The second-order valence-corrected chi connectivity index (χ2v) is 3.68. The second kappa shape index (κ2) is 7.01. The lowest BCUT2D eigenvalue weighted by molar-refractivity contribution is 0.157. The summed E-state index contributed by atoms with van der Waals surface area (Å²) in [6.07, 6.45) is 3.53. The average molecular weight is 224 g/mol. The SMILES string of the molecule is C=CCC[C@@H](CO)COc1ccc(F)cc1. The van der Waals surface area contributed by atoms with E-state index in [1.165, 1.54) is 12.1 Å². The van der Waals surface area contributed by atoms with Gasteiger partial charge in [0.05, 0.1) is 6.61 Å². The van der Waals surface area contributed by atoms with Crippen LogP contribution in [0.15, 0.2) is 36.9 Å². The number of aliphatic hydroxyl groups excluding tert-OH is 1. The van der Waals surface area contributed by atoms with Gasteiger partial charge in [-0.05, 0) is 37.1 Å². The van der Waals surface area contributed by atoms with E-state index in [9.17, 15) is 4.39 Å². The van der Waals surface area contributed by atoms with Crippen LogP contribution in [0.5, 0.6) is 5.75 Å². The van der Waals surface area contributed by atoms with Crippen LogP contribution in [0.2, 0.25) is 0 Å². The van der Waals surface area contributed by atoms with Gasteiger partial charge in [0.2, 0.25) is 0 Å². The standard InChI is InChI=1S/C13H17FO2/c1-2-3-4-11(9-15)10-16-13-7-5-12(14)6-8-13/h2,5-8,11,15H,1,3-4,9-10H2/t11-/m0/s1. The Bertz CT molecular complexity index is 308. The van der Waals surface area contributed by atoms with Crippen LogP contribution in [-0.2, 0) is 0 Å². The van der Waals surface area contributed by atoms with Gasteiger partial charge in [-0.1, -0.05) is 6.08 Å². The smallest absolute Gasteiger partial charge is 0.123 e. The van der Waals surface area contributed by atoms with Gasteiger partial charge < -0.3 is 9.84 Å². The molecule has 2 nitrogen and oxygen atoms in total. The van der Waals surface area contributed by atoms with Crippen LogP contribution in [0.4, 0.5) is 4.39 Å². The second-order valence-electron chi connectivity index (χ2n) is 3.68. The first-order chi connectivity index (χ1) is 7.76. The molecule has 0 radical (unpaired) electrons. The molecule has 1 rings (SSSR count). The quantitative estimate of drug-likeness (QED) is 0.722. The zero-order valence-electron chi connectivity index (χ0n) is 9.23. The summed E-state index contributed by atoms with van der Waals surface area (Å²) in [5.41, 5.74) is 0. The number of hydrogen-bond donors (Lipinski definition) is 1. The number of halogens is 1. The van der Waals surface area contributed by atoms with Crippen molar-refractivity contribution in [3.8, 4) is 5.75 Å². The van der Waals surface area contributed by atoms with Gasteiger partial charge in [0.1, 0.15) is 11.6 Å². The topological polar surface area (TPSA) is 29.5 Å². The summed E-state index contributed by atoms with van der Waals surface area (Å²) in [5.74, 6) is 0.444. The largest absolute Gasteiger partial charge is 0.493 e. The molecule has 0 amide bonds. The summed E-state index contributed by atoms with van der Waals surface area (Å²) in [6.45, 7) is 4.16. The van der Waals surface area contributed by atoms with Crippen molar-refractivity contribution < 1.29 is 14.2 Å². The maximum absolute atomic E-state index is 12.6. The van der Waals surface area contributed by atoms with Gasteiger partial charge in [-0.3, -0.25) is 0 Å². The zero-order chi connectivity index (χ0) is 11.8. The minimum atomic E-state index is -0.280. The monoisotopic (exact) mass is 224 g/mol. The molecule has 3 heteroatoms. The Hall–Kier alpha value is -1.35. The first-order valence-electron chi connectivity index (χ1n) is 5.36. The number of aliphatic hydroxyl groups is 1. The molecule has 0 spiro atoms. The van der Waals surface area contributed by atoms with E-state index in [2.05, 4.69) is 6.58 Å². The van der Waals surface area contributed by atoms with Crippen molar-refractivity contribution in [2.24, 2.45) is 5.92 Å². The van der Waals surface area contributed by atoms with Gasteiger partial charge >= 0.3 is 0 Å². The Morgan fingerprint density at radius 1 is 1.38 bits per heavy atom. The summed E-state index contributed by atoms with van der Waals surface area (Å²) in [4.78, 5) is 0. The van der Waals surface area contributed by atoms with Crippen molar-refractivity contribution >= 4 is 0 Å². The average Bonchev–Trinajstić information content (AvgIpc) is 2.32. The Morgan fingerprint density at radius 3 is 2.62 bits per heavy atom. The predicted octanol–water partition coefficient (Wildman–Crippen LogP) is 2.78. The van der Waals surface area contributed by atoms with E-state index in [-0.39, 0.29) is 18.3 Å². The minimum Gasteiger partial charge on any atom is -0.493 e. The summed E-state index contributed by atoms with van der Waals surface area (Å²) >= 11 is 0. The van der Waals surface area contributed by atoms with E-state index in [0.717, 1.165) is 12.8 Å². The maximum Gasteiger partial charge on any atom is 0.123 e. The summed E-state index contributed by atoms with van der Waals surface area (Å²) in [5, 5.41) is 9.10. The molecule has 0 unspecified atom stereocenters. The molecule has 1 N–H and O–H groups in total. The fourth-order valence-electron chi connectivity index (χ4n) is 1.33. The third-order valence-electron chi connectivity index (χ3n) is 2.34. The molecule has 0 aliphatic heterocycles. The van der Waals surface area contributed by atoms with Crippen LogP contribution >= 0.6 is 0 Å². The van der Waals surface area contributed by atoms with E-state index < -0.39 is 0 Å². The van der Waals surface area contributed by atoms with Crippen molar-refractivity contribution in [2.75, 3.05) is 13.2 Å². The molecule has 1 aromatic carbocycles. The predicted molar refractivity (Wildman–Crippen MR) is 61.9 cm³/mol. The Labute approximate surface area is 95.4 Å². The summed E-state index contributed by atoms with van der Waals surface area (Å²) < 4.78 is 18.1. The summed E-state index contributed by atoms with van der Waals surface area (Å²) in [6, 6.07) is 5.87. The molecule has 0 saturated carbocycles. The highest BCUT2D eigenvalue weighted by molar-refractivity contribution is 5.21. The Morgan fingerprint density at radius 2 is 2.06 bits per heavy atom. The van der Waals surface area contributed by atoms with Gasteiger partial charge in [0.15, 0.2) is 0 Å². The lowest BCUT2D eigenvalue weighted by atomic mass is 10.1. The van der Waals surface area contributed by atoms with Crippen molar-refractivity contribution in [2.45, 2.75) is 12.8 Å². The molecule has 0 bridgehead atoms. The van der Waals surface area contributed by atoms with Gasteiger partial charge in [-0.25, -0.2) is 4.39 Å². The molecule has 88 valence electrons. The zero-order valence-corrected chi connectivity index (χ0v) is 9.23. The maximum atomic E-state index is 12.6. The third-order valence-corrected chi connectivity index (χ3v) is 2.34. The van der Waals surface area contributed by atoms with Crippen molar-refractivity contribution in [1.82, 2.24) is 0 Å². The number of hydrogen-bond acceptors (Lipinski definition) is 2. The van der Waals surface area contributed by atoms with E-state index in [1.54, 1.807) is 12.1 Å². The molecule has 0 aliphatic rings. The highest BCUT2D eigenvalue weighted by atomic mass is 19.1. The molecule has 16 heavy (non-hydrogen) atoms. The van der Waals surface area contributed by atoms with Gasteiger partial charge in [0, 0.05) is 12.5 Å². The molecule has 0 aliphatic carbocycles. The molecule has 0 saturated heterocycles. The van der Waals surface area contributed by atoms with Gasteiger partial charge in [0.25, 0.3) is 0 Å². The Kier molecular flexibility index (Phi) is 5.57. The van der Waals surface area contributed by atoms with Gasteiger partial charge in [-0.15, -0.1) is 6.58 Å². The van der Waals surface area contributed by atoms with E-state index >= 15 is 0 Å². The van der Waals surface area contributed by atoms with Crippen LogP contribution in [0.25, 0.3) is 0 Å². The van der Waals surface area contributed by atoms with E-state index in [1.807, 2.05) is 6.08 Å². The van der Waals surface area contributed by atoms with Crippen LogP contribution in [0.3, 0.4) is 0 Å². The molecule has 0 heterocycles. The lowest BCUT2D eigenvalue weighted by Crippen LogP contribution is -2.15. The summed E-state index contributed by atoms with van der Waals surface area (Å²) in [7, 11) is 0. The van der Waals surface area contributed by atoms with Crippen molar-refractivity contribution in [3.05, 3.63) is 42.7 Å². The van der Waals surface area contributed by atoms with Crippen LogP contribution in [0, 0.1) is 11.7 Å². The molecule has 0 aromatic heterocycles. The highest BCUT2D eigenvalue weighted by Gasteiger charge is 2.07. The van der Waals surface area contributed by atoms with Crippen LogP contribution in [0.1, 0.15) is 12.8 Å². The minimum absolute atomic E-state index is 0.0923. The van der Waals surface area contributed by atoms with E-state index in [0.29, 0.717) is 12.4 Å². The molecular weight excluding hydrogens is 207 g/mol. The number of allylic oxidation sites excluding steroid dienone is 1. The van der Waals surface area contributed by atoms with Crippen LogP contribution in [-0.4, -0.2) is 18.3 Å². The first kappa shape index (κ1) is 12.7. The van der Waals surface area contributed by atoms with Crippen LogP contribution < -0.4 is 4.74 Å². The third kappa shape index (κ3) is 4.45. The molecule has 0 fully saturated rings. The normalized spacial score (nSPS) is 12.1. The molecule has 1 atom stereocenters. The fraction of sp³-hybridized carbons (Fsp3) is 0.385. The van der Waals surface area contributed by atoms with E-state index in [4.69, 9.17) is 9.84 Å². The highest BCUT2D eigenvalue weighted by Crippen LogP contribution is 2.14. The number of rotatable bonds is 7. The van der Waals surface area contributed by atoms with Gasteiger partial charge in [-0.2, -0.15) is 0 Å². The number of benzene rings is 1.